The van der Waals surface area contributed by atoms with E-state index in [1.807, 2.05) is 25.4 Å². The van der Waals surface area contributed by atoms with Crippen molar-refractivity contribution < 1.29 is 4.79 Å². The van der Waals surface area contributed by atoms with E-state index in [1.165, 1.54) is 11.5 Å². The summed E-state index contributed by atoms with van der Waals surface area (Å²) in [5, 5.41) is 5.39. The minimum Gasteiger partial charge on any atom is -0.317 e. The molecule has 21 heavy (non-hydrogen) atoms. The summed E-state index contributed by atoms with van der Waals surface area (Å²) in [5.74, 6) is -0.0565. The number of pyridine rings is 1. The van der Waals surface area contributed by atoms with Crippen molar-refractivity contribution in [3.63, 3.8) is 0 Å². The van der Waals surface area contributed by atoms with Crippen LogP contribution in [0.5, 0.6) is 0 Å². The lowest BCUT2D eigenvalue weighted by atomic mass is 10.00. The van der Waals surface area contributed by atoms with Gasteiger partial charge in [-0.3, -0.25) is 14.3 Å². The average Bonchev–Trinajstić information content (AvgIpc) is 2.88. The van der Waals surface area contributed by atoms with Gasteiger partial charge in [-0.05, 0) is 24.6 Å². The molecular weight excluding hydrogens is 266 g/mol. The Hall–Kier alpha value is -2.69. The highest BCUT2D eigenvalue weighted by molar-refractivity contribution is 6.07. The van der Waals surface area contributed by atoms with Gasteiger partial charge in [-0.1, -0.05) is 6.07 Å². The third kappa shape index (κ3) is 2.16. The highest BCUT2D eigenvalue weighted by Crippen LogP contribution is 2.25. The van der Waals surface area contributed by atoms with E-state index in [0.717, 1.165) is 11.1 Å². The van der Waals surface area contributed by atoms with Crippen molar-refractivity contribution in [3.8, 4) is 11.1 Å². The first-order valence-corrected chi connectivity index (χ1v) is 6.60. The van der Waals surface area contributed by atoms with Gasteiger partial charge in [-0.25, -0.2) is 0 Å². The summed E-state index contributed by atoms with van der Waals surface area (Å²) < 4.78 is 3.16. The Labute approximate surface area is 121 Å². The molecule has 0 saturated heterocycles. The van der Waals surface area contributed by atoms with E-state index in [1.54, 1.807) is 30.2 Å². The first kappa shape index (κ1) is 13.3. The summed E-state index contributed by atoms with van der Waals surface area (Å²) in [4.78, 5) is 24.0. The fraction of sp³-hybridized carbons (Fsp3) is 0.188. The smallest absolute Gasteiger partial charge is 0.258 e. The summed E-state index contributed by atoms with van der Waals surface area (Å²) >= 11 is 0. The normalized spacial score (nSPS) is 11.0. The van der Waals surface area contributed by atoms with Crippen LogP contribution in [-0.4, -0.2) is 20.1 Å². The number of hydrogen-bond acceptors (Lipinski definition) is 3. The van der Waals surface area contributed by atoms with Crippen molar-refractivity contribution in [2.45, 2.75) is 6.92 Å². The van der Waals surface area contributed by atoms with Crippen molar-refractivity contribution in [2.75, 3.05) is 0 Å². The summed E-state index contributed by atoms with van der Waals surface area (Å²) in [5.41, 5.74) is 2.34. The number of aromatic nitrogens is 3. The Morgan fingerprint density at radius 2 is 1.86 bits per heavy atom. The third-order valence-electron chi connectivity index (χ3n) is 3.60. The molecule has 0 fully saturated rings. The van der Waals surface area contributed by atoms with Gasteiger partial charge in [0.05, 0.1) is 6.20 Å². The predicted molar refractivity (Wildman–Crippen MR) is 81.4 cm³/mol. The van der Waals surface area contributed by atoms with Gasteiger partial charge in [0.25, 0.3) is 5.56 Å². The zero-order valence-electron chi connectivity index (χ0n) is 12.1. The van der Waals surface area contributed by atoms with Crippen LogP contribution in [-0.2, 0) is 14.1 Å². The molecule has 0 aliphatic heterocycles. The molecule has 0 radical (unpaired) electrons. The third-order valence-corrected chi connectivity index (χ3v) is 3.60. The molecule has 5 nitrogen and oxygen atoms in total. The molecule has 106 valence electrons. The number of hydrogen-bond donors (Lipinski definition) is 0. The number of Topliss-reactive ketones (excluding diaryl/α,β-unsaturated/α-hetero) is 1. The van der Waals surface area contributed by atoms with Crippen molar-refractivity contribution >= 4 is 16.6 Å². The summed E-state index contributed by atoms with van der Waals surface area (Å²) in [7, 11) is 3.50. The van der Waals surface area contributed by atoms with E-state index in [9.17, 15) is 9.59 Å². The number of carbonyl (C=O) groups excluding carboxylic acids is 1. The van der Waals surface area contributed by atoms with Crippen LogP contribution in [0.4, 0.5) is 0 Å². The first-order chi connectivity index (χ1) is 9.97. The van der Waals surface area contributed by atoms with Crippen molar-refractivity contribution in [3.05, 3.63) is 52.7 Å². The first-order valence-electron chi connectivity index (χ1n) is 6.60. The monoisotopic (exact) mass is 281 g/mol. The van der Waals surface area contributed by atoms with E-state index < -0.39 is 0 Å². The van der Waals surface area contributed by atoms with Crippen molar-refractivity contribution in [1.29, 1.82) is 0 Å². The quantitative estimate of drug-likeness (QED) is 0.676. The number of benzene rings is 1. The van der Waals surface area contributed by atoms with Gasteiger partial charge in [0.2, 0.25) is 0 Å². The Bertz CT molecular complexity index is 919. The number of carbonyl (C=O) groups is 1. The van der Waals surface area contributed by atoms with E-state index >= 15 is 0 Å². The Kier molecular flexibility index (Phi) is 2.97. The zero-order valence-corrected chi connectivity index (χ0v) is 12.1. The molecule has 2 aromatic heterocycles. The molecule has 0 aliphatic rings. The maximum absolute atomic E-state index is 12.2. The number of ketones is 1. The van der Waals surface area contributed by atoms with Gasteiger partial charge in [-0.2, -0.15) is 5.10 Å². The molecule has 3 aromatic rings. The van der Waals surface area contributed by atoms with E-state index in [2.05, 4.69) is 5.10 Å². The largest absolute Gasteiger partial charge is 0.317 e. The second kappa shape index (κ2) is 4.70. The fourth-order valence-corrected chi connectivity index (χ4v) is 2.50. The summed E-state index contributed by atoms with van der Waals surface area (Å²) in [6.45, 7) is 1.51. The molecule has 0 unspecified atom stereocenters. The second-order valence-corrected chi connectivity index (χ2v) is 5.18. The molecule has 0 atom stereocenters. The van der Waals surface area contributed by atoms with Gasteiger partial charge in [0, 0.05) is 48.4 Å². The number of aryl methyl sites for hydroxylation is 2. The fourth-order valence-electron chi connectivity index (χ4n) is 2.50. The maximum Gasteiger partial charge on any atom is 0.258 e. The molecule has 0 amide bonds. The predicted octanol–water partition coefficient (Wildman–Crippen LogP) is 2.14. The average molecular weight is 281 g/mol. The van der Waals surface area contributed by atoms with Crippen LogP contribution < -0.4 is 5.56 Å². The minimum atomic E-state index is -0.104. The SMILES string of the molecule is CC(=O)c1cn(C)c(=O)c2ccc(-c3cnn(C)c3)cc12. The van der Waals surface area contributed by atoms with Gasteiger partial charge in [0.15, 0.2) is 5.78 Å². The van der Waals surface area contributed by atoms with Crippen LogP contribution in [0.3, 0.4) is 0 Å². The van der Waals surface area contributed by atoms with Gasteiger partial charge in [0.1, 0.15) is 0 Å². The topological polar surface area (TPSA) is 56.9 Å². The highest BCUT2D eigenvalue weighted by atomic mass is 16.1. The molecule has 3 rings (SSSR count). The second-order valence-electron chi connectivity index (χ2n) is 5.18. The van der Waals surface area contributed by atoms with E-state index in [4.69, 9.17) is 0 Å². The number of rotatable bonds is 2. The standard InChI is InChI=1S/C16H15N3O2/c1-10(20)15-9-18(2)16(21)13-5-4-11(6-14(13)15)12-7-17-19(3)8-12/h4-9H,1-3H3. The molecular formula is C16H15N3O2. The highest BCUT2D eigenvalue weighted by Gasteiger charge is 2.12. The number of nitrogens with zero attached hydrogens (tertiary/aromatic N) is 3. The lowest BCUT2D eigenvalue weighted by Crippen LogP contribution is -2.18. The summed E-state index contributed by atoms with van der Waals surface area (Å²) in [6, 6.07) is 5.53. The Morgan fingerprint density at radius 1 is 1.10 bits per heavy atom. The van der Waals surface area contributed by atoms with Gasteiger partial charge >= 0.3 is 0 Å². The van der Waals surface area contributed by atoms with Crippen molar-refractivity contribution in [1.82, 2.24) is 14.3 Å². The number of fused-ring (bicyclic) bond motifs is 1. The minimum absolute atomic E-state index is 0.0565. The molecule has 0 aliphatic carbocycles. The van der Waals surface area contributed by atoms with Crippen LogP contribution in [0.1, 0.15) is 17.3 Å². The van der Waals surface area contributed by atoms with Gasteiger partial charge in [-0.15, -0.1) is 0 Å². The molecule has 0 bridgehead atoms. The Balaban J connectivity index is 2.35. The van der Waals surface area contributed by atoms with Crippen LogP contribution in [0, 0.1) is 0 Å². The summed E-state index contributed by atoms with van der Waals surface area (Å²) in [6.07, 6.45) is 5.26. The molecule has 0 saturated carbocycles. The van der Waals surface area contributed by atoms with E-state index in [-0.39, 0.29) is 11.3 Å². The van der Waals surface area contributed by atoms with Gasteiger partial charge < -0.3 is 4.57 Å². The van der Waals surface area contributed by atoms with Crippen LogP contribution in [0.2, 0.25) is 0 Å². The van der Waals surface area contributed by atoms with Crippen LogP contribution >= 0.6 is 0 Å². The molecule has 2 heterocycles. The van der Waals surface area contributed by atoms with Crippen LogP contribution in [0.15, 0.2) is 41.6 Å². The lowest BCUT2D eigenvalue weighted by molar-refractivity contribution is 0.101. The zero-order chi connectivity index (χ0) is 15.1. The maximum atomic E-state index is 12.2. The molecule has 0 N–H and O–H groups in total. The Morgan fingerprint density at radius 3 is 2.48 bits per heavy atom. The molecule has 1 aromatic carbocycles. The van der Waals surface area contributed by atoms with Crippen LogP contribution in [0.25, 0.3) is 21.9 Å². The molecule has 0 spiro atoms. The van der Waals surface area contributed by atoms with E-state index in [0.29, 0.717) is 16.3 Å². The van der Waals surface area contributed by atoms with Crippen molar-refractivity contribution in [2.24, 2.45) is 14.1 Å². The molecule has 5 heteroatoms. The lowest BCUT2D eigenvalue weighted by Gasteiger charge is -2.08.